The molecule has 0 spiro atoms. The second kappa shape index (κ2) is 5.92. The lowest BCUT2D eigenvalue weighted by molar-refractivity contribution is 0.320. The molecule has 0 N–H and O–H groups in total. The first-order valence-corrected chi connectivity index (χ1v) is 7.71. The molecule has 4 rings (SSSR count). The number of hydrogen-bond acceptors (Lipinski definition) is 6. The molecule has 0 aromatic carbocycles. The summed E-state index contributed by atoms with van der Waals surface area (Å²) in [6.07, 6.45) is 8.22. The molecule has 4 heterocycles. The molecule has 1 fully saturated rings. The Morgan fingerprint density at radius 2 is 2.22 bits per heavy atom. The molecule has 1 aliphatic rings. The van der Waals surface area contributed by atoms with Crippen LogP contribution in [0.1, 0.15) is 23.8 Å². The maximum atomic E-state index is 5.87. The van der Waals surface area contributed by atoms with E-state index in [1.165, 1.54) is 5.56 Å². The molecule has 1 atom stereocenters. The van der Waals surface area contributed by atoms with Gasteiger partial charge in [-0.2, -0.15) is 0 Å². The average molecular weight is 310 g/mol. The maximum absolute atomic E-state index is 5.87. The molecule has 23 heavy (non-hydrogen) atoms. The third-order valence-corrected chi connectivity index (χ3v) is 4.23. The quantitative estimate of drug-likeness (QED) is 0.732. The third-order valence-electron chi connectivity index (χ3n) is 4.23. The van der Waals surface area contributed by atoms with Crippen LogP contribution in [0.2, 0.25) is 0 Å². The number of imidazole rings is 1. The Morgan fingerprint density at radius 1 is 1.26 bits per heavy atom. The zero-order valence-electron chi connectivity index (χ0n) is 13.0. The fourth-order valence-electron chi connectivity index (χ4n) is 2.99. The number of pyridine rings is 1. The summed E-state index contributed by atoms with van der Waals surface area (Å²) < 4.78 is 7.74. The summed E-state index contributed by atoms with van der Waals surface area (Å²) in [6, 6.07) is 4.08. The van der Waals surface area contributed by atoms with Crippen molar-refractivity contribution in [2.45, 2.75) is 18.9 Å². The molecule has 0 unspecified atom stereocenters. The maximum Gasteiger partial charge on any atom is 0.265 e. The minimum atomic E-state index is 0.293. The molecule has 0 bridgehead atoms. The zero-order valence-corrected chi connectivity index (χ0v) is 13.0. The average Bonchev–Trinajstić information content (AvgIpc) is 3.28. The molecule has 0 amide bonds. The van der Waals surface area contributed by atoms with Gasteiger partial charge in [-0.3, -0.25) is 9.88 Å². The van der Waals surface area contributed by atoms with E-state index in [0.717, 1.165) is 37.6 Å². The Balaban J connectivity index is 1.44. The van der Waals surface area contributed by atoms with Gasteiger partial charge in [0.05, 0.1) is 18.4 Å². The van der Waals surface area contributed by atoms with Crippen molar-refractivity contribution in [2.75, 3.05) is 13.1 Å². The van der Waals surface area contributed by atoms with E-state index in [1.54, 1.807) is 18.7 Å². The number of likely N-dealkylation sites (tertiary alicyclic amines) is 1. The summed E-state index contributed by atoms with van der Waals surface area (Å²) in [5.74, 6) is 1.54. The van der Waals surface area contributed by atoms with Gasteiger partial charge >= 0.3 is 0 Å². The SMILES string of the molecule is Cn1cncc1-c1nnc([C@H]2CCN(Cc3cccnc3)C2)o1. The van der Waals surface area contributed by atoms with Gasteiger partial charge < -0.3 is 8.98 Å². The van der Waals surface area contributed by atoms with Crippen LogP contribution in [-0.2, 0) is 13.6 Å². The molecule has 1 aliphatic heterocycles. The Kier molecular flexibility index (Phi) is 3.63. The van der Waals surface area contributed by atoms with E-state index >= 15 is 0 Å². The van der Waals surface area contributed by atoms with Crippen molar-refractivity contribution in [3.8, 4) is 11.6 Å². The monoisotopic (exact) mass is 310 g/mol. The first-order valence-electron chi connectivity index (χ1n) is 7.71. The molecule has 7 heteroatoms. The number of nitrogens with zero attached hydrogens (tertiary/aromatic N) is 6. The summed E-state index contributed by atoms with van der Waals surface area (Å²) in [7, 11) is 1.91. The van der Waals surface area contributed by atoms with Crippen molar-refractivity contribution in [1.82, 2.24) is 29.6 Å². The topological polar surface area (TPSA) is 72.9 Å². The van der Waals surface area contributed by atoms with E-state index in [-0.39, 0.29) is 0 Å². The second-order valence-corrected chi connectivity index (χ2v) is 5.92. The fourth-order valence-corrected chi connectivity index (χ4v) is 2.99. The van der Waals surface area contributed by atoms with Crippen molar-refractivity contribution >= 4 is 0 Å². The molecule has 3 aromatic heterocycles. The molecule has 0 radical (unpaired) electrons. The Hall–Kier alpha value is -2.54. The smallest absolute Gasteiger partial charge is 0.265 e. The standard InChI is InChI=1S/C16H18N6O/c1-21-11-18-8-14(21)16-20-19-15(23-16)13-4-6-22(10-13)9-12-3-2-5-17-7-12/h2-3,5,7-8,11,13H,4,6,9-10H2,1H3/t13-/m0/s1. The van der Waals surface area contributed by atoms with Crippen molar-refractivity contribution < 1.29 is 4.42 Å². The highest BCUT2D eigenvalue weighted by atomic mass is 16.4. The minimum absolute atomic E-state index is 0.293. The molecule has 0 saturated carbocycles. The van der Waals surface area contributed by atoms with Crippen molar-refractivity contribution in [3.05, 3.63) is 48.5 Å². The summed E-state index contributed by atoms with van der Waals surface area (Å²) >= 11 is 0. The molecular weight excluding hydrogens is 292 g/mol. The third kappa shape index (κ3) is 2.87. The summed E-state index contributed by atoms with van der Waals surface area (Å²) in [5.41, 5.74) is 2.07. The van der Waals surface area contributed by atoms with Crippen LogP contribution in [0.25, 0.3) is 11.6 Å². The van der Waals surface area contributed by atoms with Crippen LogP contribution in [-0.4, -0.2) is 42.7 Å². The molecule has 118 valence electrons. The normalized spacial score (nSPS) is 18.6. The summed E-state index contributed by atoms with van der Waals surface area (Å²) in [4.78, 5) is 10.7. The minimum Gasteiger partial charge on any atom is -0.419 e. The van der Waals surface area contributed by atoms with Crippen LogP contribution in [0.4, 0.5) is 0 Å². The molecular formula is C16H18N6O. The van der Waals surface area contributed by atoms with E-state index in [2.05, 4.69) is 31.1 Å². The Bertz CT molecular complexity index is 781. The van der Waals surface area contributed by atoms with Gasteiger partial charge in [0.1, 0.15) is 5.69 Å². The number of hydrogen-bond donors (Lipinski definition) is 0. The predicted octanol–water partition coefficient (Wildman–Crippen LogP) is 1.85. The van der Waals surface area contributed by atoms with Gasteiger partial charge in [0.15, 0.2) is 0 Å². The van der Waals surface area contributed by atoms with E-state index in [4.69, 9.17) is 4.42 Å². The van der Waals surface area contributed by atoms with Gasteiger partial charge in [0.2, 0.25) is 5.89 Å². The van der Waals surface area contributed by atoms with Gasteiger partial charge in [0, 0.05) is 32.5 Å². The number of rotatable bonds is 4. The van der Waals surface area contributed by atoms with Gasteiger partial charge in [0.25, 0.3) is 5.89 Å². The van der Waals surface area contributed by atoms with Crippen LogP contribution in [0, 0.1) is 0 Å². The first kappa shape index (κ1) is 14.1. The van der Waals surface area contributed by atoms with Gasteiger partial charge in [-0.05, 0) is 24.6 Å². The van der Waals surface area contributed by atoms with Crippen LogP contribution in [0.5, 0.6) is 0 Å². The van der Waals surface area contributed by atoms with Crippen molar-refractivity contribution in [1.29, 1.82) is 0 Å². The first-order chi connectivity index (χ1) is 11.3. The van der Waals surface area contributed by atoms with Gasteiger partial charge in [-0.15, -0.1) is 10.2 Å². The van der Waals surface area contributed by atoms with E-state index in [0.29, 0.717) is 11.8 Å². The summed E-state index contributed by atoms with van der Waals surface area (Å²) in [5, 5.41) is 8.41. The second-order valence-electron chi connectivity index (χ2n) is 5.92. The number of aromatic nitrogens is 5. The van der Waals surface area contributed by atoms with Crippen molar-refractivity contribution in [3.63, 3.8) is 0 Å². The summed E-state index contributed by atoms with van der Waals surface area (Å²) in [6.45, 7) is 2.87. The highest BCUT2D eigenvalue weighted by Crippen LogP contribution is 2.29. The Morgan fingerprint density at radius 3 is 3.00 bits per heavy atom. The molecule has 0 aliphatic carbocycles. The largest absolute Gasteiger partial charge is 0.419 e. The number of aryl methyl sites for hydroxylation is 1. The Labute approximate surface area is 134 Å². The van der Waals surface area contributed by atoms with Gasteiger partial charge in [-0.25, -0.2) is 4.98 Å². The van der Waals surface area contributed by atoms with E-state index in [9.17, 15) is 0 Å². The zero-order chi connectivity index (χ0) is 15.6. The molecule has 3 aromatic rings. The highest BCUT2D eigenvalue weighted by molar-refractivity contribution is 5.44. The lowest BCUT2D eigenvalue weighted by Crippen LogP contribution is -2.19. The highest BCUT2D eigenvalue weighted by Gasteiger charge is 2.28. The van der Waals surface area contributed by atoms with E-state index in [1.807, 2.05) is 23.9 Å². The van der Waals surface area contributed by atoms with Gasteiger partial charge in [-0.1, -0.05) is 6.07 Å². The van der Waals surface area contributed by atoms with Crippen LogP contribution >= 0.6 is 0 Å². The van der Waals surface area contributed by atoms with Crippen LogP contribution < -0.4 is 0 Å². The van der Waals surface area contributed by atoms with Crippen LogP contribution in [0.15, 0.2) is 41.5 Å². The van der Waals surface area contributed by atoms with Crippen LogP contribution in [0.3, 0.4) is 0 Å². The lowest BCUT2D eigenvalue weighted by atomic mass is 10.1. The fraction of sp³-hybridized carbons (Fsp3) is 0.375. The molecule has 7 nitrogen and oxygen atoms in total. The lowest BCUT2D eigenvalue weighted by Gasteiger charge is -2.14. The molecule has 1 saturated heterocycles. The van der Waals surface area contributed by atoms with Crippen molar-refractivity contribution in [2.24, 2.45) is 7.05 Å². The van der Waals surface area contributed by atoms with E-state index < -0.39 is 0 Å². The predicted molar refractivity (Wildman–Crippen MR) is 83.4 cm³/mol.